The molecule has 3 heterocycles. The van der Waals surface area contributed by atoms with E-state index < -0.39 is 10.0 Å². The van der Waals surface area contributed by atoms with Gasteiger partial charge in [-0.3, -0.25) is 14.7 Å². The van der Waals surface area contributed by atoms with Crippen molar-refractivity contribution >= 4 is 61.5 Å². The molecule has 1 aliphatic heterocycles. The Kier molecular flexibility index (Phi) is 6.82. The molecule has 14 heteroatoms. The van der Waals surface area contributed by atoms with Crippen LogP contribution in [0.5, 0.6) is 11.5 Å². The van der Waals surface area contributed by atoms with Crippen molar-refractivity contribution in [1.29, 1.82) is 0 Å². The molecule has 0 spiro atoms. The molecule has 1 saturated heterocycles. The van der Waals surface area contributed by atoms with Crippen molar-refractivity contribution in [1.82, 2.24) is 25.3 Å². The molecular formula is C23H23ClN8O4S. The predicted molar refractivity (Wildman–Crippen MR) is 142 cm³/mol. The fraction of sp³-hybridized carbons (Fsp3) is 0.217. The SMILES string of the molecule is COc1cc(OC2CNC2)ccc1Nc1ncc(Cl)c(Nc2ccc3nccnc3c2NS(C)(=O)=O)n1. The van der Waals surface area contributed by atoms with Crippen LogP contribution in [0.3, 0.4) is 0 Å². The first-order valence-corrected chi connectivity index (χ1v) is 13.4. The van der Waals surface area contributed by atoms with Gasteiger partial charge in [0.2, 0.25) is 16.0 Å². The Morgan fingerprint density at radius 3 is 2.57 bits per heavy atom. The van der Waals surface area contributed by atoms with Crippen LogP contribution in [-0.4, -0.2) is 60.9 Å². The summed E-state index contributed by atoms with van der Waals surface area (Å²) in [6.07, 6.45) is 5.62. The predicted octanol–water partition coefficient (Wildman–Crippen LogP) is 3.29. The molecule has 0 radical (unpaired) electrons. The van der Waals surface area contributed by atoms with Gasteiger partial charge in [0.25, 0.3) is 0 Å². The molecule has 0 unspecified atom stereocenters. The Morgan fingerprint density at radius 2 is 1.84 bits per heavy atom. The number of hydrogen-bond donors (Lipinski definition) is 4. The Labute approximate surface area is 217 Å². The van der Waals surface area contributed by atoms with Gasteiger partial charge >= 0.3 is 0 Å². The highest BCUT2D eigenvalue weighted by Gasteiger charge is 2.19. The second-order valence-electron chi connectivity index (χ2n) is 8.19. The second kappa shape index (κ2) is 10.2. The van der Waals surface area contributed by atoms with E-state index in [0.29, 0.717) is 33.9 Å². The lowest BCUT2D eigenvalue weighted by Gasteiger charge is -2.28. The van der Waals surface area contributed by atoms with Crippen molar-refractivity contribution in [2.24, 2.45) is 0 Å². The lowest BCUT2D eigenvalue weighted by atomic mass is 10.2. The summed E-state index contributed by atoms with van der Waals surface area (Å²) in [6.45, 7) is 1.61. The summed E-state index contributed by atoms with van der Waals surface area (Å²) in [5, 5.41) is 9.58. The van der Waals surface area contributed by atoms with E-state index in [1.54, 1.807) is 25.3 Å². The third kappa shape index (κ3) is 5.74. The lowest BCUT2D eigenvalue weighted by molar-refractivity contribution is 0.142. The zero-order chi connectivity index (χ0) is 26.0. The third-order valence-corrected chi connectivity index (χ3v) is 6.24. The molecule has 0 amide bonds. The Balaban J connectivity index is 1.43. The van der Waals surface area contributed by atoms with E-state index in [2.05, 4.69) is 40.6 Å². The maximum atomic E-state index is 12.1. The molecule has 0 bridgehead atoms. The number of nitrogens with one attached hydrogen (secondary N) is 4. The van der Waals surface area contributed by atoms with Crippen molar-refractivity contribution in [3.05, 3.63) is 53.9 Å². The lowest BCUT2D eigenvalue weighted by Crippen LogP contribution is -2.50. The van der Waals surface area contributed by atoms with Crippen LogP contribution >= 0.6 is 11.6 Å². The minimum Gasteiger partial charge on any atom is -0.494 e. The summed E-state index contributed by atoms with van der Waals surface area (Å²) in [5.74, 6) is 1.72. The van der Waals surface area contributed by atoms with Crippen LogP contribution in [0.1, 0.15) is 0 Å². The second-order valence-corrected chi connectivity index (χ2v) is 10.3. The molecule has 1 fully saturated rings. The van der Waals surface area contributed by atoms with Gasteiger partial charge in [-0.25, -0.2) is 13.4 Å². The Bertz CT molecular complexity index is 1570. The molecule has 4 aromatic rings. The highest BCUT2D eigenvalue weighted by molar-refractivity contribution is 7.92. The Morgan fingerprint density at radius 1 is 1.05 bits per heavy atom. The summed E-state index contributed by atoms with van der Waals surface area (Å²) in [5.41, 5.74) is 2.11. The van der Waals surface area contributed by atoms with Gasteiger partial charge in [-0.1, -0.05) is 11.6 Å². The van der Waals surface area contributed by atoms with E-state index >= 15 is 0 Å². The number of nitrogens with zero attached hydrogens (tertiary/aromatic N) is 4. The molecule has 0 aliphatic carbocycles. The number of fused-ring (bicyclic) bond motifs is 1. The van der Waals surface area contributed by atoms with Gasteiger partial charge in [0.1, 0.15) is 28.1 Å². The van der Waals surface area contributed by atoms with Crippen LogP contribution in [0.4, 0.5) is 28.8 Å². The van der Waals surface area contributed by atoms with Crippen LogP contribution in [0, 0.1) is 0 Å². The van der Waals surface area contributed by atoms with E-state index in [0.717, 1.165) is 19.3 Å². The van der Waals surface area contributed by atoms with E-state index in [-0.39, 0.29) is 28.6 Å². The average molecular weight is 543 g/mol. The minimum absolute atomic E-state index is 0.139. The number of halogens is 1. The van der Waals surface area contributed by atoms with Crippen LogP contribution < -0.4 is 30.1 Å². The van der Waals surface area contributed by atoms with Gasteiger partial charge in [0.15, 0.2) is 5.82 Å². The molecule has 37 heavy (non-hydrogen) atoms. The number of methoxy groups -OCH3 is 1. The highest BCUT2D eigenvalue weighted by atomic mass is 35.5. The van der Waals surface area contributed by atoms with Crippen LogP contribution in [0.15, 0.2) is 48.9 Å². The van der Waals surface area contributed by atoms with Crippen molar-refractivity contribution in [2.45, 2.75) is 6.10 Å². The quantitative estimate of drug-likeness (QED) is 0.246. The summed E-state index contributed by atoms with van der Waals surface area (Å²) in [6, 6.07) is 8.80. The number of aromatic nitrogens is 4. The normalized spacial score (nSPS) is 13.6. The molecule has 1 aliphatic rings. The molecule has 192 valence electrons. The zero-order valence-corrected chi connectivity index (χ0v) is 21.4. The molecule has 2 aromatic heterocycles. The van der Waals surface area contributed by atoms with Gasteiger partial charge in [-0.2, -0.15) is 4.98 Å². The largest absolute Gasteiger partial charge is 0.494 e. The first kappa shape index (κ1) is 24.7. The number of anilines is 5. The van der Waals surface area contributed by atoms with E-state index in [9.17, 15) is 8.42 Å². The molecule has 0 atom stereocenters. The van der Waals surface area contributed by atoms with Crippen LogP contribution in [0.2, 0.25) is 5.02 Å². The minimum atomic E-state index is -3.62. The maximum absolute atomic E-state index is 12.1. The van der Waals surface area contributed by atoms with Gasteiger partial charge in [0, 0.05) is 31.5 Å². The first-order chi connectivity index (χ1) is 17.8. The number of benzene rings is 2. The molecule has 4 N–H and O–H groups in total. The fourth-order valence-electron chi connectivity index (χ4n) is 3.58. The molecule has 0 saturated carbocycles. The first-order valence-electron chi connectivity index (χ1n) is 11.1. The van der Waals surface area contributed by atoms with Crippen LogP contribution in [0.25, 0.3) is 11.0 Å². The molecule has 2 aromatic carbocycles. The van der Waals surface area contributed by atoms with Crippen molar-refractivity contribution in [3.63, 3.8) is 0 Å². The maximum Gasteiger partial charge on any atom is 0.229 e. The van der Waals surface area contributed by atoms with Gasteiger partial charge in [0.05, 0.1) is 42.1 Å². The summed E-state index contributed by atoms with van der Waals surface area (Å²) in [7, 11) is -2.06. The summed E-state index contributed by atoms with van der Waals surface area (Å²) < 4.78 is 38.0. The molecule has 5 rings (SSSR count). The average Bonchev–Trinajstić information content (AvgIpc) is 2.84. The van der Waals surface area contributed by atoms with Crippen molar-refractivity contribution in [3.8, 4) is 11.5 Å². The van der Waals surface area contributed by atoms with Crippen LogP contribution in [-0.2, 0) is 10.0 Å². The number of ether oxygens (including phenoxy) is 2. The standard InChI is InChI=1S/C23H23ClN8O4S/c1-35-19-9-13(36-14-10-25-11-14)3-4-16(19)30-23-28-12-15(24)22(31-23)29-18-6-5-17-20(27-8-7-26-17)21(18)32-37(2,33)34/h3-9,12,14,25,32H,10-11H2,1-2H3,(H2,28,29,30,31). The van der Waals surface area contributed by atoms with E-state index in [4.69, 9.17) is 21.1 Å². The number of rotatable bonds is 9. The summed E-state index contributed by atoms with van der Waals surface area (Å²) in [4.78, 5) is 17.2. The van der Waals surface area contributed by atoms with E-state index in [1.165, 1.54) is 18.6 Å². The van der Waals surface area contributed by atoms with Crippen molar-refractivity contribution < 1.29 is 17.9 Å². The Hall–Kier alpha value is -3.94. The van der Waals surface area contributed by atoms with Gasteiger partial charge in [-0.15, -0.1) is 0 Å². The van der Waals surface area contributed by atoms with Gasteiger partial charge in [-0.05, 0) is 24.3 Å². The number of hydrogen-bond acceptors (Lipinski definition) is 11. The highest BCUT2D eigenvalue weighted by Crippen LogP contribution is 2.35. The zero-order valence-electron chi connectivity index (χ0n) is 19.8. The monoisotopic (exact) mass is 542 g/mol. The topological polar surface area (TPSA) is 152 Å². The smallest absolute Gasteiger partial charge is 0.229 e. The summed E-state index contributed by atoms with van der Waals surface area (Å²) >= 11 is 6.37. The van der Waals surface area contributed by atoms with Gasteiger partial charge < -0.3 is 25.4 Å². The molecular weight excluding hydrogens is 520 g/mol. The van der Waals surface area contributed by atoms with Crippen molar-refractivity contribution in [2.75, 3.05) is 41.8 Å². The molecule has 12 nitrogen and oxygen atoms in total. The third-order valence-electron chi connectivity index (χ3n) is 5.39. The van der Waals surface area contributed by atoms with E-state index in [1.807, 2.05) is 12.1 Å². The number of sulfonamides is 1. The fourth-order valence-corrected chi connectivity index (χ4v) is 4.29.